The van der Waals surface area contributed by atoms with Crippen molar-refractivity contribution in [1.82, 2.24) is 25.0 Å². The third-order valence-corrected chi connectivity index (χ3v) is 3.79. The molecule has 1 aromatic heterocycles. The normalized spacial score (nSPS) is 11.0. The van der Waals surface area contributed by atoms with E-state index in [1.807, 2.05) is 38.1 Å². The molecule has 1 heterocycles. The van der Waals surface area contributed by atoms with E-state index in [0.29, 0.717) is 18.8 Å². The van der Waals surface area contributed by atoms with Crippen molar-refractivity contribution in [3.63, 3.8) is 0 Å². The number of aliphatic imine (C=N–C) groups is 1. The molecular weight excluding hydrogens is 447 g/mol. The maximum atomic E-state index is 9.65. The van der Waals surface area contributed by atoms with Crippen molar-refractivity contribution < 1.29 is 9.84 Å². The van der Waals surface area contributed by atoms with Crippen LogP contribution in [0, 0.1) is 0 Å². The van der Waals surface area contributed by atoms with Crippen molar-refractivity contribution in [3.8, 4) is 11.5 Å². The molecule has 0 saturated heterocycles. The number of benzene rings is 1. The highest BCUT2D eigenvalue weighted by Crippen LogP contribution is 2.26. The minimum absolute atomic E-state index is 0. The van der Waals surface area contributed by atoms with Crippen LogP contribution < -0.4 is 10.1 Å². The topological polar surface area (TPSA) is 87.8 Å². The van der Waals surface area contributed by atoms with Crippen LogP contribution in [0.25, 0.3) is 0 Å². The third-order valence-electron chi connectivity index (χ3n) is 3.79. The number of aromatic nitrogens is 3. The van der Waals surface area contributed by atoms with E-state index in [2.05, 4.69) is 20.4 Å². The number of rotatable bonds is 7. The Balaban J connectivity index is 0.00000338. The number of phenolic OH excluding ortho intramolecular Hbond substituents is 1. The second-order valence-electron chi connectivity index (χ2n) is 5.65. The Morgan fingerprint density at radius 1 is 1.42 bits per heavy atom. The van der Waals surface area contributed by atoms with Crippen LogP contribution in [-0.2, 0) is 20.0 Å². The van der Waals surface area contributed by atoms with Gasteiger partial charge in [-0.3, -0.25) is 9.67 Å². The van der Waals surface area contributed by atoms with Gasteiger partial charge in [0.15, 0.2) is 17.5 Å². The van der Waals surface area contributed by atoms with Crippen molar-refractivity contribution in [2.45, 2.75) is 19.9 Å². The van der Waals surface area contributed by atoms with Gasteiger partial charge in [0, 0.05) is 27.2 Å². The van der Waals surface area contributed by atoms with Crippen LogP contribution in [0.2, 0.25) is 0 Å². The SMILES string of the molecule is CCNC(=NCCc1ccc(O)c(OC)c1)N(C)Cc1ncnn1C.I. The van der Waals surface area contributed by atoms with Crippen LogP contribution in [-0.4, -0.2) is 58.0 Å². The van der Waals surface area contributed by atoms with E-state index in [4.69, 9.17) is 4.74 Å². The summed E-state index contributed by atoms with van der Waals surface area (Å²) in [6.45, 7) is 4.07. The summed E-state index contributed by atoms with van der Waals surface area (Å²) >= 11 is 0. The predicted octanol–water partition coefficient (Wildman–Crippen LogP) is 1.79. The molecule has 2 N–H and O–H groups in total. The molecular formula is C17H27IN6O2. The number of nitrogens with zero attached hydrogens (tertiary/aromatic N) is 5. The van der Waals surface area contributed by atoms with Gasteiger partial charge in [0.05, 0.1) is 13.7 Å². The van der Waals surface area contributed by atoms with Crippen LogP contribution in [0.1, 0.15) is 18.3 Å². The fourth-order valence-corrected chi connectivity index (χ4v) is 2.39. The zero-order chi connectivity index (χ0) is 18.2. The molecule has 0 aliphatic heterocycles. The number of aryl methyl sites for hydroxylation is 1. The smallest absolute Gasteiger partial charge is 0.194 e. The van der Waals surface area contributed by atoms with Gasteiger partial charge in [-0.2, -0.15) is 5.10 Å². The molecule has 2 aromatic rings. The summed E-state index contributed by atoms with van der Waals surface area (Å²) < 4.78 is 6.89. The van der Waals surface area contributed by atoms with E-state index in [9.17, 15) is 5.11 Å². The molecule has 1 aromatic carbocycles. The van der Waals surface area contributed by atoms with Gasteiger partial charge in [-0.25, -0.2) is 4.98 Å². The van der Waals surface area contributed by atoms with E-state index in [1.165, 1.54) is 0 Å². The van der Waals surface area contributed by atoms with Gasteiger partial charge in [0.2, 0.25) is 0 Å². The average Bonchev–Trinajstić information content (AvgIpc) is 3.00. The molecule has 0 saturated carbocycles. The van der Waals surface area contributed by atoms with Crippen molar-refractivity contribution >= 4 is 29.9 Å². The lowest BCUT2D eigenvalue weighted by Gasteiger charge is -2.21. The quantitative estimate of drug-likeness (QED) is 0.362. The Hall–Kier alpha value is -2.04. The molecule has 2 rings (SSSR count). The molecule has 0 fully saturated rings. The summed E-state index contributed by atoms with van der Waals surface area (Å²) in [7, 11) is 5.39. The third kappa shape index (κ3) is 6.04. The Morgan fingerprint density at radius 3 is 2.81 bits per heavy atom. The fraction of sp³-hybridized carbons (Fsp3) is 0.471. The summed E-state index contributed by atoms with van der Waals surface area (Å²) in [5, 5.41) is 17.0. The summed E-state index contributed by atoms with van der Waals surface area (Å²) in [6, 6.07) is 5.36. The molecule has 0 spiro atoms. The van der Waals surface area contributed by atoms with E-state index < -0.39 is 0 Å². The molecule has 0 aliphatic carbocycles. The van der Waals surface area contributed by atoms with Crippen LogP contribution in [0.3, 0.4) is 0 Å². The first kappa shape index (κ1) is 22.0. The Kier molecular flexibility index (Phi) is 9.17. The monoisotopic (exact) mass is 474 g/mol. The molecule has 0 aliphatic rings. The zero-order valence-corrected chi connectivity index (χ0v) is 18.0. The summed E-state index contributed by atoms with van der Waals surface area (Å²) in [6.07, 6.45) is 2.30. The van der Waals surface area contributed by atoms with Gasteiger partial charge in [0.1, 0.15) is 12.2 Å². The second kappa shape index (κ2) is 10.8. The minimum atomic E-state index is 0. The van der Waals surface area contributed by atoms with Gasteiger partial charge in [0.25, 0.3) is 0 Å². The first-order chi connectivity index (χ1) is 12.0. The number of halogens is 1. The van der Waals surface area contributed by atoms with Gasteiger partial charge in [-0.1, -0.05) is 6.07 Å². The molecule has 0 unspecified atom stereocenters. The fourth-order valence-electron chi connectivity index (χ4n) is 2.39. The molecule has 0 radical (unpaired) electrons. The van der Waals surface area contributed by atoms with Crippen LogP contribution >= 0.6 is 24.0 Å². The van der Waals surface area contributed by atoms with E-state index in [0.717, 1.165) is 30.3 Å². The van der Waals surface area contributed by atoms with E-state index >= 15 is 0 Å². The lowest BCUT2D eigenvalue weighted by atomic mass is 10.1. The van der Waals surface area contributed by atoms with Crippen LogP contribution in [0.5, 0.6) is 11.5 Å². The Labute approximate surface area is 171 Å². The number of hydrogen-bond acceptors (Lipinski definition) is 5. The van der Waals surface area contributed by atoms with Gasteiger partial charge < -0.3 is 20.1 Å². The Bertz CT molecular complexity index is 719. The lowest BCUT2D eigenvalue weighted by molar-refractivity contribution is 0.373. The summed E-state index contributed by atoms with van der Waals surface area (Å²) in [5.41, 5.74) is 1.06. The first-order valence-corrected chi connectivity index (χ1v) is 8.23. The molecule has 0 amide bonds. The van der Waals surface area contributed by atoms with Gasteiger partial charge in [-0.05, 0) is 31.0 Å². The molecule has 0 bridgehead atoms. The number of guanidine groups is 1. The van der Waals surface area contributed by atoms with E-state index in [-0.39, 0.29) is 29.7 Å². The standard InChI is InChI=1S/C17H26N6O2.HI/c1-5-18-17(22(2)11-16-20-12-21-23(16)3)19-9-8-13-6-7-14(24)15(10-13)25-4;/h6-7,10,12,24H,5,8-9,11H2,1-4H3,(H,18,19);1H. The zero-order valence-electron chi connectivity index (χ0n) is 15.6. The minimum Gasteiger partial charge on any atom is -0.504 e. The number of phenols is 1. The maximum Gasteiger partial charge on any atom is 0.194 e. The molecule has 8 nitrogen and oxygen atoms in total. The number of ether oxygens (including phenoxy) is 1. The lowest BCUT2D eigenvalue weighted by Crippen LogP contribution is -2.39. The maximum absolute atomic E-state index is 9.65. The van der Waals surface area contributed by atoms with Crippen molar-refractivity contribution in [2.24, 2.45) is 12.0 Å². The highest BCUT2D eigenvalue weighted by atomic mass is 127. The summed E-state index contributed by atoms with van der Waals surface area (Å²) in [5.74, 6) is 2.31. The number of hydrogen-bond donors (Lipinski definition) is 2. The van der Waals surface area contributed by atoms with Crippen molar-refractivity contribution in [3.05, 3.63) is 35.9 Å². The molecule has 144 valence electrons. The first-order valence-electron chi connectivity index (χ1n) is 8.23. The highest BCUT2D eigenvalue weighted by molar-refractivity contribution is 14.0. The van der Waals surface area contributed by atoms with Gasteiger partial charge in [-0.15, -0.1) is 24.0 Å². The number of nitrogens with one attached hydrogen (secondary N) is 1. The molecule has 26 heavy (non-hydrogen) atoms. The van der Waals surface area contributed by atoms with Crippen molar-refractivity contribution in [2.75, 3.05) is 27.2 Å². The second-order valence-corrected chi connectivity index (χ2v) is 5.65. The predicted molar refractivity (Wildman–Crippen MR) is 112 cm³/mol. The molecule has 9 heteroatoms. The van der Waals surface area contributed by atoms with Crippen LogP contribution in [0.15, 0.2) is 29.5 Å². The molecule has 0 atom stereocenters. The number of aromatic hydroxyl groups is 1. The van der Waals surface area contributed by atoms with Crippen LogP contribution in [0.4, 0.5) is 0 Å². The number of methoxy groups -OCH3 is 1. The average molecular weight is 474 g/mol. The largest absolute Gasteiger partial charge is 0.504 e. The highest BCUT2D eigenvalue weighted by Gasteiger charge is 2.10. The Morgan fingerprint density at radius 2 is 2.19 bits per heavy atom. The van der Waals surface area contributed by atoms with Gasteiger partial charge >= 0.3 is 0 Å². The summed E-state index contributed by atoms with van der Waals surface area (Å²) in [4.78, 5) is 10.9. The van der Waals surface area contributed by atoms with Crippen molar-refractivity contribution in [1.29, 1.82) is 0 Å². The van der Waals surface area contributed by atoms with E-state index in [1.54, 1.807) is 24.2 Å².